The lowest BCUT2D eigenvalue weighted by atomic mass is 10.1. The van der Waals surface area contributed by atoms with Gasteiger partial charge in [-0.15, -0.1) is 0 Å². The maximum absolute atomic E-state index is 12.4. The summed E-state index contributed by atoms with van der Waals surface area (Å²) in [5.74, 6) is 0.400. The van der Waals surface area contributed by atoms with Gasteiger partial charge in [0.2, 0.25) is 15.9 Å². The summed E-state index contributed by atoms with van der Waals surface area (Å²) in [5, 5.41) is 2.78. The molecule has 0 unspecified atom stereocenters. The molecule has 0 aliphatic heterocycles. The zero-order valence-electron chi connectivity index (χ0n) is 17.0. The van der Waals surface area contributed by atoms with Crippen molar-refractivity contribution in [2.45, 2.75) is 40.3 Å². The number of amides is 1. The third-order valence-corrected chi connectivity index (χ3v) is 5.44. The summed E-state index contributed by atoms with van der Waals surface area (Å²) in [6.07, 6.45) is 1.20. The van der Waals surface area contributed by atoms with E-state index < -0.39 is 10.0 Å². The van der Waals surface area contributed by atoms with Crippen molar-refractivity contribution in [3.8, 4) is 5.75 Å². The van der Waals surface area contributed by atoms with Crippen LogP contribution in [0.2, 0.25) is 0 Å². The molecule has 2 aromatic carbocycles. The standard InChI is InChI=1S/C21H28N2O4S/c1-15(2)27-19-11-9-18(10-12-19)13-22-21(24)14-23(28(5,25)26)20-8-6-7-16(3)17(20)4/h6-12,15H,13-14H2,1-5H3,(H,22,24). The maximum Gasteiger partial charge on any atom is 0.241 e. The number of sulfonamides is 1. The second kappa shape index (κ2) is 9.10. The van der Waals surface area contributed by atoms with E-state index in [0.29, 0.717) is 12.2 Å². The SMILES string of the molecule is Cc1cccc(N(CC(=O)NCc2ccc(OC(C)C)cc2)S(C)(=O)=O)c1C. The lowest BCUT2D eigenvalue weighted by molar-refractivity contribution is -0.119. The molecule has 1 amide bonds. The number of carbonyl (C=O) groups excluding carboxylic acids is 1. The lowest BCUT2D eigenvalue weighted by Crippen LogP contribution is -2.40. The number of aryl methyl sites for hydroxylation is 1. The average Bonchev–Trinajstić information content (AvgIpc) is 2.60. The minimum atomic E-state index is -3.60. The molecule has 0 fully saturated rings. The molecule has 0 aromatic heterocycles. The number of rotatable bonds is 8. The fraction of sp³-hybridized carbons (Fsp3) is 0.381. The molecule has 6 nitrogen and oxygen atoms in total. The molecule has 0 radical (unpaired) electrons. The molecular formula is C21H28N2O4S. The second-order valence-corrected chi connectivity index (χ2v) is 8.98. The number of carbonyl (C=O) groups is 1. The Balaban J connectivity index is 2.05. The van der Waals surface area contributed by atoms with Gasteiger partial charge in [-0.1, -0.05) is 24.3 Å². The number of anilines is 1. The van der Waals surface area contributed by atoms with E-state index in [4.69, 9.17) is 4.74 Å². The maximum atomic E-state index is 12.4. The minimum absolute atomic E-state index is 0.0950. The number of hydrogen-bond donors (Lipinski definition) is 1. The van der Waals surface area contributed by atoms with E-state index in [-0.39, 0.29) is 18.6 Å². The van der Waals surface area contributed by atoms with E-state index in [9.17, 15) is 13.2 Å². The van der Waals surface area contributed by atoms with E-state index in [1.807, 2.05) is 58.0 Å². The van der Waals surface area contributed by atoms with Crippen LogP contribution in [0.5, 0.6) is 5.75 Å². The molecule has 0 heterocycles. The number of benzene rings is 2. The van der Waals surface area contributed by atoms with Gasteiger partial charge in [-0.25, -0.2) is 8.42 Å². The summed E-state index contributed by atoms with van der Waals surface area (Å²) in [6.45, 7) is 7.71. The third kappa shape index (κ3) is 5.99. The highest BCUT2D eigenvalue weighted by Gasteiger charge is 2.22. The van der Waals surface area contributed by atoms with Gasteiger partial charge in [-0.2, -0.15) is 0 Å². The molecule has 0 saturated heterocycles. The first-order valence-corrected chi connectivity index (χ1v) is 11.0. The Morgan fingerprint density at radius 3 is 2.32 bits per heavy atom. The van der Waals surface area contributed by atoms with Gasteiger partial charge in [0.1, 0.15) is 12.3 Å². The zero-order valence-corrected chi connectivity index (χ0v) is 17.8. The van der Waals surface area contributed by atoms with E-state index >= 15 is 0 Å². The van der Waals surface area contributed by atoms with E-state index in [2.05, 4.69) is 5.32 Å². The Bertz CT molecular complexity index is 922. The monoisotopic (exact) mass is 404 g/mol. The van der Waals surface area contributed by atoms with Crippen LogP contribution in [0.4, 0.5) is 5.69 Å². The van der Waals surface area contributed by atoms with Gasteiger partial charge in [0.05, 0.1) is 18.0 Å². The van der Waals surface area contributed by atoms with Crippen LogP contribution in [0.3, 0.4) is 0 Å². The first-order valence-electron chi connectivity index (χ1n) is 9.14. The van der Waals surface area contributed by atoms with Crippen molar-refractivity contribution in [2.75, 3.05) is 17.1 Å². The summed E-state index contributed by atoms with van der Waals surface area (Å²) in [4.78, 5) is 12.4. The normalized spacial score (nSPS) is 11.4. The van der Waals surface area contributed by atoms with Gasteiger partial charge in [-0.3, -0.25) is 9.10 Å². The van der Waals surface area contributed by atoms with Crippen LogP contribution in [0, 0.1) is 13.8 Å². The fourth-order valence-electron chi connectivity index (χ4n) is 2.73. The summed E-state index contributed by atoms with van der Waals surface area (Å²) >= 11 is 0. The number of hydrogen-bond acceptors (Lipinski definition) is 4. The van der Waals surface area contributed by atoms with E-state index in [1.165, 1.54) is 0 Å². The minimum Gasteiger partial charge on any atom is -0.491 e. The average molecular weight is 405 g/mol. The van der Waals surface area contributed by atoms with Crippen molar-refractivity contribution < 1.29 is 17.9 Å². The van der Waals surface area contributed by atoms with Crippen LogP contribution in [0.1, 0.15) is 30.5 Å². The van der Waals surface area contributed by atoms with Crippen molar-refractivity contribution in [1.82, 2.24) is 5.32 Å². The molecule has 152 valence electrons. The number of nitrogens with zero attached hydrogens (tertiary/aromatic N) is 1. The number of nitrogens with one attached hydrogen (secondary N) is 1. The lowest BCUT2D eigenvalue weighted by Gasteiger charge is -2.24. The van der Waals surface area contributed by atoms with Crippen LogP contribution in [0.25, 0.3) is 0 Å². The Morgan fingerprint density at radius 1 is 1.11 bits per heavy atom. The van der Waals surface area contributed by atoms with Gasteiger partial charge in [0.15, 0.2) is 0 Å². The molecule has 0 spiro atoms. The Labute approximate surface area is 167 Å². The predicted octanol–water partition coefficient (Wildman–Crippen LogP) is 3.17. The molecule has 0 bridgehead atoms. The van der Waals surface area contributed by atoms with E-state index in [0.717, 1.165) is 33.0 Å². The van der Waals surface area contributed by atoms with Crippen molar-refractivity contribution in [2.24, 2.45) is 0 Å². The summed E-state index contributed by atoms with van der Waals surface area (Å²) in [6, 6.07) is 12.8. The van der Waals surface area contributed by atoms with Crippen LogP contribution in [0.15, 0.2) is 42.5 Å². The summed E-state index contributed by atoms with van der Waals surface area (Å²) in [7, 11) is -3.60. The largest absolute Gasteiger partial charge is 0.491 e. The van der Waals surface area contributed by atoms with Crippen LogP contribution in [-0.4, -0.2) is 33.2 Å². The quantitative estimate of drug-likeness (QED) is 0.733. The molecule has 1 N–H and O–H groups in total. The van der Waals surface area contributed by atoms with Gasteiger partial charge < -0.3 is 10.1 Å². The van der Waals surface area contributed by atoms with Gasteiger partial charge >= 0.3 is 0 Å². The number of ether oxygens (including phenoxy) is 1. The summed E-state index contributed by atoms with van der Waals surface area (Å²) < 4.78 is 31.3. The topological polar surface area (TPSA) is 75.7 Å². The van der Waals surface area contributed by atoms with Crippen LogP contribution >= 0.6 is 0 Å². The molecule has 2 aromatic rings. The molecule has 0 aliphatic rings. The van der Waals surface area contributed by atoms with Crippen LogP contribution < -0.4 is 14.4 Å². The fourth-order valence-corrected chi connectivity index (χ4v) is 3.64. The van der Waals surface area contributed by atoms with Gasteiger partial charge in [0.25, 0.3) is 0 Å². The molecule has 0 saturated carbocycles. The highest BCUT2D eigenvalue weighted by molar-refractivity contribution is 7.92. The van der Waals surface area contributed by atoms with Crippen molar-refractivity contribution in [3.05, 3.63) is 59.2 Å². The smallest absolute Gasteiger partial charge is 0.241 e. The molecule has 0 atom stereocenters. The zero-order chi connectivity index (χ0) is 20.9. The highest BCUT2D eigenvalue weighted by atomic mass is 32.2. The predicted molar refractivity (Wildman–Crippen MR) is 112 cm³/mol. The van der Waals surface area contributed by atoms with Crippen molar-refractivity contribution >= 4 is 21.6 Å². The van der Waals surface area contributed by atoms with Crippen molar-refractivity contribution in [1.29, 1.82) is 0 Å². The molecule has 2 rings (SSSR count). The van der Waals surface area contributed by atoms with E-state index in [1.54, 1.807) is 12.1 Å². The van der Waals surface area contributed by atoms with Gasteiger partial charge in [0, 0.05) is 6.54 Å². The van der Waals surface area contributed by atoms with Crippen molar-refractivity contribution in [3.63, 3.8) is 0 Å². The molecule has 0 aliphatic carbocycles. The first kappa shape index (κ1) is 21.8. The van der Waals surface area contributed by atoms with Gasteiger partial charge in [-0.05, 0) is 62.6 Å². The molecule has 28 heavy (non-hydrogen) atoms. The molecule has 7 heteroatoms. The Hall–Kier alpha value is -2.54. The first-order chi connectivity index (χ1) is 13.1. The Morgan fingerprint density at radius 2 is 1.75 bits per heavy atom. The van der Waals surface area contributed by atoms with Crippen LogP contribution in [-0.2, 0) is 21.4 Å². The highest BCUT2D eigenvalue weighted by Crippen LogP contribution is 2.24. The Kier molecular flexibility index (Phi) is 7.07. The second-order valence-electron chi connectivity index (χ2n) is 7.08. The molecular weight excluding hydrogens is 376 g/mol. The summed E-state index contributed by atoms with van der Waals surface area (Å²) in [5.41, 5.74) is 3.23. The third-order valence-electron chi connectivity index (χ3n) is 4.32.